The summed E-state index contributed by atoms with van der Waals surface area (Å²) in [7, 11) is 0. The van der Waals surface area contributed by atoms with E-state index >= 15 is 0 Å². The molecule has 7 heteroatoms. The van der Waals surface area contributed by atoms with Crippen molar-refractivity contribution in [3.63, 3.8) is 0 Å². The van der Waals surface area contributed by atoms with Crippen molar-refractivity contribution < 1.29 is 9.21 Å². The zero-order valence-corrected chi connectivity index (χ0v) is 11.5. The fraction of sp³-hybridized carbons (Fsp3) is 0.385. The van der Waals surface area contributed by atoms with Gasteiger partial charge in [0, 0.05) is 19.0 Å². The van der Waals surface area contributed by atoms with Gasteiger partial charge < -0.3 is 9.73 Å². The molecule has 0 fully saturated rings. The van der Waals surface area contributed by atoms with Crippen molar-refractivity contribution in [3.8, 4) is 0 Å². The van der Waals surface area contributed by atoms with Gasteiger partial charge in [-0.1, -0.05) is 0 Å². The maximum atomic E-state index is 11.6. The van der Waals surface area contributed by atoms with Crippen LogP contribution in [0.1, 0.15) is 31.5 Å². The summed E-state index contributed by atoms with van der Waals surface area (Å²) < 4.78 is 6.83. The highest BCUT2D eigenvalue weighted by molar-refractivity contribution is 5.91. The van der Waals surface area contributed by atoms with Gasteiger partial charge in [-0.25, -0.2) is 4.68 Å². The fourth-order valence-electron chi connectivity index (χ4n) is 1.68. The Morgan fingerprint density at radius 3 is 3.10 bits per heavy atom. The molecular formula is C13H17N5O2. The number of nitrogens with one attached hydrogen (secondary N) is 1. The molecule has 0 atom stereocenters. The lowest BCUT2D eigenvalue weighted by Gasteiger charge is -2.07. The molecule has 2 aromatic heterocycles. The lowest BCUT2D eigenvalue weighted by atomic mass is 10.3. The largest absolute Gasteiger partial charge is 0.465 e. The first-order valence-electron chi connectivity index (χ1n) is 6.43. The number of rotatable bonds is 6. The number of amides is 1. The Hall–Kier alpha value is -2.44. The third-order valence-electron chi connectivity index (χ3n) is 2.64. The quantitative estimate of drug-likeness (QED) is 0.801. The number of furan rings is 1. The van der Waals surface area contributed by atoms with E-state index < -0.39 is 0 Å². The molecule has 20 heavy (non-hydrogen) atoms. The molecule has 2 heterocycles. The Labute approximate surface area is 116 Å². The van der Waals surface area contributed by atoms with Crippen molar-refractivity contribution in [1.29, 1.82) is 0 Å². The Kier molecular flexibility index (Phi) is 4.65. The minimum absolute atomic E-state index is 0.176. The van der Waals surface area contributed by atoms with Crippen LogP contribution < -0.4 is 5.32 Å². The van der Waals surface area contributed by atoms with E-state index in [0.717, 1.165) is 5.82 Å². The first-order chi connectivity index (χ1) is 9.66. The number of aromatic nitrogens is 4. The van der Waals surface area contributed by atoms with Crippen molar-refractivity contribution in [2.24, 2.45) is 0 Å². The van der Waals surface area contributed by atoms with Gasteiger partial charge in [-0.2, -0.15) is 0 Å². The molecule has 0 saturated heterocycles. The Morgan fingerprint density at radius 2 is 2.40 bits per heavy atom. The molecule has 106 valence electrons. The van der Waals surface area contributed by atoms with E-state index in [2.05, 4.69) is 20.8 Å². The number of nitrogens with zero attached hydrogens (tertiary/aromatic N) is 4. The Morgan fingerprint density at radius 1 is 1.55 bits per heavy atom. The van der Waals surface area contributed by atoms with Crippen molar-refractivity contribution in [2.45, 2.75) is 26.3 Å². The van der Waals surface area contributed by atoms with Crippen LogP contribution in [0.5, 0.6) is 0 Å². The second-order valence-corrected chi connectivity index (χ2v) is 4.52. The number of carbonyl (C=O) groups excluding carboxylic acids is 1. The second-order valence-electron chi connectivity index (χ2n) is 4.52. The average Bonchev–Trinajstić information content (AvgIpc) is 3.07. The van der Waals surface area contributed by atoms with E-state index in [9.17, 15) is 4.79 Å². The summed E-state index contributed by atoms with van der Waals surface area (Å²) in [5.74, 6) is 1.23. The highest BCUT2D eigenvalue weighted by Gasteiger charge is 2.08. The Bertz CT molecular complexity index is 571. The molecule has 0 aliphatic carbocycles. The molecule has 1 N–H and O–H groups in total. The SMILES string of the molecule is CC(C)n1nnnc1CCNC(=O)/C=C/c1ccco1. The average molecular weight is 275 g/mol. The highest BCUT2D eigenvalue weighted by Crippen LogP contribution is 2.04. The van der Waals surface area contributed by atoms with Crippen LogP contribution in [0.4, 0.5) is 0 Å². The summed E-state index contributed by atoms with van der Waals surface area (Å²) in [6.45, 7) is 4.49. The molecule has 0 aliphatic heterocycles. The van der Waals surface area contributed by atoms with Gasteiger partial charge in [-0.3, -0.25) is 4.79 Å². The van der Waals surface area contributed by atoms with Crippen LogP contribution in [0.15, 0.2) is 28.9 Å². The summed E-state index contributed by atoms with van der Waals surface area (Å²) in [5, 5.41) is 14.2. The van der Waals surface area contributed by atoms with Gasteiger partial charge in [0.25, 0.3) is 0 Å². The van der Waals surface area contributed by atoms with Crippen molar-refractivity contribution >= 4 is 12.0 Å². The van der Waals surface area contributed by atoms with E-state index in [4.69, 9.17) is 4.42 Å². The van der Waals surface area contributed by atoms with E-state index in [1.165, 1.54) is 6.08 Å². The highest BCUT2D eigenvalue weighted by atomic mass is 16.3. The third kappa shape index (κ3) is 3.78. The number of hydrogen-bond acceptors (Lipinski definition) is 5. The predicted octanol–water partition coefficient (Wildman–Crippen LogP) is 1.22. The molecule has 0 unspecified atom stereocenters. The molecule has 0 bridgehead atoms. The topological polar surface area (TPSA) is 85.8 Å². The van der Waals surface area contributed by atoms with Crippen LogP contribution >= 0.6 is 0 Å². The predicted molar refractivity (Wildman–Crippen MR) is 72.7 cm³/mol. The monoisotopic (exact) mass is 275 g/mol. The molecule has 0 aliphatic rings. The molecule has 7 nitrogen and oxygen atoms in total. The molecule has 0 spiro atoms. The normalized spacial score (nSPS) is 11.3. The van der Waals surface area contributed by atoms with E-state index in [0.29, 0.717) is 18.7 Å². The van der Waals surface area contributed by atoms with Crippen LogP contribution in [-0.2, 0) is 11.2 Å². The molecule has 1 amide bonds. The van der Waals surface area contributed by atoms with Crippen molar-refractivity contribution in [2.75, 3.05) is 6.54 Å². The van der Waals surface area contributed by atoms with Crippen LogP contribution in [0.2, 0.25) is 0 Å². The summed E-state index contributed by atoms with van der Waals surface area (Å²) >= 11 is 0. The lowest BCUT2D eigenvalue weighted by molar-refractivity contribution is -0.116. The van der Waals surface area contributed by atoms with Gasteiger partial charge >= 0.3 is 0 Å². The minimum Gasteiger partial charge on any atom is -0.465 e. The molecule has 0 radical (unpaired) electrons. The molecule has 0 aromatic carbocycles. The van der Waals surface area contributed by atoms with Crippen LogP contribution in [0.3, 0.4) is 0 Å². The van der Waals surface area contributed by atoms with Crippen LogP contribution in [-0.4, -0.2) is 32.7 Å². The van der Waals surface area contributed by atoms with Gasteiger partial charge in [-0.05, 0) is 42.5 Å². The smallest absolute Gasteiger partial charge is 0.244 e. The second kappa shape index (κ2) is 6.65. The number of tetrazole rings is 1. The molecule has 0 saturated carbocycles. The van der Waals surface area contributed by atoms with Gasteiger partial charge in [0.1, 0.15) is 5.76 Å². The van der Waals surface area contributed by atoms with Gasteiger partial charge in [0.15, 0.2) is 5.82 Å². The Balaban J connectivity index is 1.78. The lowest BCUT2D eigenvalue weighted by Crippen LogP contribution is -2.24. The van der Waals surface area contributed by atoms with Crippen LogP contribution in [0, 0.1) is 0 Å². The summed E-state index contributed by atoms with van der Waals surface area (Å²) in [4.78, 5) is 11.6. The maximum Gasteiger partial charge on any atom is 0.244 e. The molecule has 2 aromatic rings. The van der Waals surface area contributed by atoms with Gasteiger partial charge in [-0.15, -0.1) is 5.10 Å². The summed E-state index contributed by atoms with van der Waals surface area (Å²) in [5.41, 5.74) is 0. The fourth-order valence-corrected chi connectivity index (χ4v) is 1.68. The van der Waals surface area contributed by atoms with E-state index in [1.807, 2.05) is 13.8 Å². The first-order valence-corrected chi connectivity index (χ1v) is 6.43. The molecule has 2 rings (SSSR count). The third-order valence-corrected chi connectivity index (χ3v) is 2.64. The zero-order chi connectivity index (χ0) is 14.4. The van der Waals surface area contributed by atoms with Gasteiger partial charge in [0.05, 0.1) is 12.3 Å². The number of carbonyl (C=O) groups is 1. The van der Waals surface area contributed by atoms with Gasteiger partial charge in [0.2, 0.25) is 5.91 Å². The van der Waals surface area contributed by atoms with Crippen LogP contribution in [0.25, 0.3) is 6.08 Å². The standard InChI is InChI=1S/C13H17N5O2/c1-10(2)18-12(15-16-17-18)7-8-14-13(19)6-5-11-4-3-9-20-11/h3-6,9-10H,7-8H2,1-2H3,(H,14,19)/b6-5+. The van der Waals surface area contributed by atoms with E-state index in [1.54, 1.807) is 29.2 Å². The number of hydrogen-bond donors (Lipinski definition) is 1. The first kappa shape index (κ1) is 14.0. The minimum atomic E-state index is -0.176. The van der Waals surface area contributed by atoms with Crippen molar-refractivity contribution in [1.82, 2.24) is 25.5 Å². The van der Waals surface area contributed by atoms with E-state index in [-0.39, 0.29) is 11.9 Å². The van der Waals surface area contributed by atoms with Crippen molar-refractivity contribution in [3.05, 3.63) is 36.1 Å². The summed E-state index contributed by atoms with van der Waals surface area (Å²) in [6.07, 6.45) is 5.20. The maximum absolute atomic E-state index is 11.6. The molecular weight excluding hydrogens is 258 g/mol. The summed E-state index contributed by atoms with van der Waals surface area (Å²) in [6, 6.07) is 3.75. The zero-order valence-electron chi connectivity index (χ0n) is 11.5.